The Labute approximate surface area is 151 Å². The van der Waals surface area contributed by atoms with Crippen molar-refractivity contribution in [3.63, 3.8) is 0 Å². The normalized spacial score (nSPS) is 11.0. The summed E-state index contributed by atoms with van der Waals surface area (Å²) in [4.78, 5) is 22.2. The van der Waals surface area contributed by atoms with Crippen LogP contribution in [-0.4, -0.2) is 38.6 Å². The van der Waals surface area contributed by atoms with E-state index in [0.29, 0.717) is 24.2 Å². The highest BCUT2D eigenvalue weighted by Gasteiger charge is 2.08. The Morgan fingerprint density at radius 1 is 1.04 bits per heavy atom. The summed E-state index contributed by atoms with van der Waals surface area (Å²) in [5, 5.41) is 16.4. The van der Waals surface area contributed by atoms with Gasteiger partial charge in [-0.3, -0.25) is 14.9 Å². The maximum atomic E-state index is 12.0. The van der Waals surface area contributed by atoms with Gasteiger partial charge in [-0.15, -0.1) is 0 Å². The Hall–Kier alpha value is -2.94. The average molecular weight is 377 g/mol. The molecule has 26 heavy (non-hydrogen) atoms. The molecule has 0 aliphatic carbocycles. The van der Waals surface area contributed by atoms with Crippen LogP contribution < -0.4 is 10.6 Å². The maximum Gasteiger partial charge on any atom is 0.269 e. The minimum atomic E-state index is -3.11. The molecule has 2 N–H and O–H groups in total. The van der Waals surface area contributed by atoms with Gasteiger partial charge in [0.05, 0.1) is 10.7 Å². The fourth-order valence-corrected chi connectivity index (χ4v) is 3.04. The largest absolute Gasteiger partial charge is 0.383 e. The summed E-state index contributed by atoms with van der Waals surface area (Å²) in [6.07, 6.45) is 1.16. The van der Waals surface area contributed by atoms with E-state index in [1.54, 1.807) is 36.4 Å². The number of nitrogens with one attached hydrogen (secondary N) is 2. The summed E-state index contributed by atoms with van der Waals surface area (Å²) < 4.78 is 22.5. The smallest absolute Gasteiger partial charge is 0.269 e. The molecule has 2 aromatic carbocycles. The van der Waals surface area contributed by atoms with Crippen LogP contribution in [0.2, 0.25) is 0 Å². The second-order valence-electron chi connectivity index (χ2n) is 5.75. The minimum Gasteiger partial charge on any atom is -0.383 e. The number of hydrogen-bond donors (Lipinski definition) is 2. The lowest BCUT2D eigenvalue weighted by Gasteiger charge is -2.08. The van der Waals surface area contributed by atoms with Gasteiger partial charge in [-0.05, 0) is 29.8 Å². The molecular formula is C17H19N3O5S. The molecule has 0 saturated carbocycles. The van der Waals surface area contributed by atoms with E-state index >= 15 is 0 Å². The predicted molar refractivity (Wildman–Crippen MR) is 98.9 cm³/mol. The molecule has 0 aromatic heterocycles. The lowest BCUT2D eigenvalue weighted by molar-refractivity contribution is -0.384. The Bertz CT molecular complexity index is 878. The molecule has 9 heteroatoms. The number of amides is 1. The fourth-order valence-electron chi connectivity index (χ4n) is 2.24. The Balaban J connectivity index is 1.78. The molecule has 1 amide bonds. The summed E-state index contributed by atoms with van der Waals surface area (Å²) in [7, 11) is -3.11. The Morgan fingerprint density at radius 2 is 1.65 bits per heavy atom. The number of carbonyl (C=O) groups excluding carboxylic acids is 1. The van der Waals surface area contributed by atoms with Crippen LogP contribution in [-0.2, 0) is 15.6 Å². The fraction of sp³-hybridized carbons (Fsp3) is 0.235. The molecule has 0 bridgehead atoms. The standard InChI is InChI=1S/C17H19N3O5S/c1-26(24,25)12-13-2-4-14(5-3-13)17(21)19-11-10-18-15-6-8-16(9-7-15)20(22)23/h2-9,18H,10-12H2,1H3,(H,19,21). The van der Waals surface area contributed by atoms with Crippen LogP contribution in [0.1, 0.15) is 15.9 Å². The van der Waals surface area contributed by atoms with Crippen molar-refractivity contribution in [3.8, 4) is 0 Å². The second-order valence-corrected chi connectivity index (χ2v) is 7.89. The zero-order chi connectivity index (χ0) is 19.2. The molecule has 0 heterocycles. The van der Waals surface area contributed by atoms with Crippen molar-refractivity contribution in [1.82, 2.24) is 5.32 Å². The van der Waals surface area contributed by atoms with Crippen LogP contribution in [0.15, 0.2) is 48.5 Å². The topological polar surface area (TPSA) is 118 Å². The van der Waals surface area contributed by atoms with E-state index in [4.69, 9.17) is 0 Å². The van der Waals surface area contributed by atoms with Crippen molar-refractivity contribution in [1.29, 1.82) is 0 Å². The number of sulfone groups is 1. The number of rotatable bonds is 8. The molecule has 0 spiro atoms. The summed E-state index contributed by atoms with van der Waals surface area (Å²) in [5.74, 6) is -0.324. The number of hydrogen-bond acceptors (Lipinski definition) is 6. The molecule has 2 aromatic rings. The van der Waals surface area contributed by atoms with Crippen molar-refractivity contribution in [2.45, 2.75) is 5.75 Å². The molecule has 8 nitrogen and oxygen atoms in total. The molecule has 0 unspecified atom stereocenters. The van der Waals surface area contributed by atoms with Gasteiger partial charge in [-0.1, -0.05) is 12.1 Å². The van der Waals surface area contributed by atoms with Gasteiger partial charge in [0.1, 0.15) is 0 Å². The number of benzene rings is 2. The van der Waals surface area contributed by atoms with Crippen LogP contribution in [0.4, 0.5) is 11.4 Å². The summed E-state index contributed by atoms with van der Waals surface area (Å²) >= 11 is 0. The van der Waals surface area contributed by atoms with Crippen molar-refractivity contribution < 1.29 is 18.1 Å². The second kappa shape index (κ2) is 8.43. The van der Waals surface area contributed by atoms with Gasteiger partial charge >= 0.3 is 0 Å². The number of non-ortho nitro benzene ring substituents is 1. The summed E-state index contributed by atoms with van der Waals surface area (Å²) in [5.41, 5.74) is 1.81. The summed E-state index contributed by atoms with van der Waals surface area (Å²) in [6.45, 7) is 0.816. The SMILES string of the molecule is CS(=O)(=O)Cc1ccc(C(=O)NCCNc2ccc([N+](=O)[O-])cc2)cc1. The van der Waals surface area contributed by atoms with Crippen molar-refractivity contribution >= 4 is 27.1 Å². The molecule has 138 valence electrons. The third kappa shape index (κ3) is 6.17. The van der Waals surface area contributed by atoms with Gasteiger partial charge in [-0.2, -0.15) is 0 Å². The van der Waals surface area contributed by atoms with Crippen LogP contribution in [0.3, 0.4) is 0 Å². The quantitative estimate of drug-likeness (QED) is 0.412. The van der Waals surface area contributed by atoms with Gasteiger partial charge in [0.2, 0.25) is 0 Å². The highest BCUT2D eigenvalue weighted by Crippen LogP contribution is 2.14. The van der Waals surface area contributed by atoms with Crippen LogP contribution in [0, 0.1) is 10.1 Å². The Kier molecular flexibility index (Phi) is 6.29. The maximum absolute atomic E-state index is 12.0. The van der Waals surface area contributed by atoms with Gasteiger partial charge in [0.15, 0.2) is 9.84 Å². The van der Waals surface area contributed by atoms with Crippen molar-refractivity contribution in [2.75, 3.05) is 24.7 Å². The van der Waals surface area contributed by atoms with E-state index in [0.717, 1.165) is 11.9 Å². The molecule has 0 radical (unpaired) electrons. The van der Waals surface area contributed by atoms with E-state index in [-0.39, 0.29) is 17.3 Å². The van der Waals surface area contributed by atoms with E-state index in [1.807, 2.05) is 0 Å². The average Bonchev–Trinajstić information content (AvgIpc) is 2.58. The van der Waals surface area contributed by atoms with E-state index in [9.17, 15) is 23.3 Å². The van der Waals surface area contributed by atoms with E-state index in [2.05, 4.69) is 10.6 Å². The van der Waals surface area contributed by atoms with E-state index < -0.39 is 14.8 Å². The zero-order valence-electron chi connectivity index (χ0n) is 14.1. The van der Waals surface area contributed by atoms with E-state index in [1.165, 1.54) is 12.1 Å². The minimum absolute atomic E-state index is 0.0168. The van der Waals surface area contributed by atoms with Crippen LogP contribution in [0.25, 0.3) is 0 Å². The predicted octanol–water partition coefficient (Wildman–Crippen LogP) is 1.98. The first-order valence-corrected chi connectivity index (χ1v) is 9.84. The number of nitro benzene ring substituents is 1. The third-order valence-corrected chi connectivity index (χ3v) is 4.32. The molecule has 0 atom stereocenters. The molecule has 0 fully saturated rings. The van der Waals surface area contributed by atoms with Gasteiger partial charge in [0, 0.05) is 42.7 Å². The van der Waals surface area contributed by atoms with Crippen molar-refractivity contribution in [2.24, 2.45) is 0 Å². The monoisotopic (exact) mass is 377 g/mol. The molecular weight excluding hydrogens is 358 g/mol. The molecule has 0 aliphatic heterocycles. The first kappa shape index (κ1) is 19.4. The lowest BCUT2D eigenvalue weighted by atomic mass is 10.1. The van der Waals surface area contributed by atoms with Crippen LogP contribution >= 0.6 is 0 Å². The van der Waals surface area contributed by atoms with Crippen LogP contribution in [0.5, 0.6) is 0 Å². The molecule has 0 saturated heterocycles. The number of anilines is 1. The first-order valence-electron chi connectivity index (χ1n) is 7.78. The van der Waals surface area contributed by atoms with Gasteiger partial charge in [0.25, 0.3) is 11.6 Å². The van der Waals surface area contributed by atoms with Gasteiger partial charge < -0.3 is 10.6 Å². The highest BCUT2D eigenvalue weighted by atomic mass is 32.2. The molecule has 2 rings (SSSR count). The lowest BCUT2D eigenvalue weighted by Crippen LogP contribution is -2.28. The third-order valence-electron chi connectivity index (χ3n) is 3.46. The molecule has 0 aliphatic rings. The van der Waals surface area contributed by atoms with Crippen molar-refractivity contribution in [3.05, 3.63) is 69.8 Å². The first-order chi connectivity index (χ1) is 12.2. The number of nitro groups is 1. The van der Waals surface area contributed by atoms with Gasteiger partial charge in [-0.25, -0.2) is 8.42 Å². The highest BCUT2D eigenvalue weighted by molar-refractivity contribution is 7.89. The number of nitrogens with zero attached hydrogens (tertiary/aromatic N) is 1. The summed E-state index contributed by atoms with van der Waals surface area (Å²) in [6, 6.07) is 12.4. The Morgan fingerprint density at radius 3 is 2.19 bits per heavy atom. The zero-order valence-corrected chi connectivity index (χ0v) is 15.0. The number of carbonyl (C=O) groups is 1.